The smallest absolute Gasteiger partial charge is 0.252 e. The van der Waals surface area contributed by atoms with E-state index in [2.05, 4.69) is 15.9 Å². The first-order valence-corrected chi connectivity index (χ1v) is 12.0. The topological polar surface area (TPSA) is 74.8 Å². The Morgan fingerprint density at radius 2 is 1.64 bits per heavy atom. The minimum absolute atomic E-state index is 0.0576. The van der Waals surface area contributed by atoms with Crippen molar-refractivity contribution >= 4 is 49.0 Å². The molecule has 0 radical (unpaired) electrons. The minimum Gasteiger partial charge on any atom is -0.340 e. The molecule has 0 unspecified atom stereocenters. The van der Waals surface area contributed by atoms with Crippen molar-refractivity contribution in [1.29, 1.82) is 0 Å². The molecule has 9 heteroatoms. The molecule has 0 atom stereocenters. The fourth-order valence-electron chi connectivity index (χ4n) is 3.00. The number of aryl methyl sites for hydroxylation is 1. The fourth-order valence-corrected chi connectivity index (χ4v) is 6.59. The second-order valence-corrected chi connectivity index (χ2v) is 11.3. The van der Waals surface area contributed by atoms with Crippen molar-refractivity contribution in [2.45, 2.75) is 24.0 Å². The zero-order valence-electron chi connectivity index (χ0n) is 15.4. The summed E-state index contributed by atoms with van der Waals surface area (Å²) < 4.78 is 27.7. The number of ketones is 1. The van der Waals surface area contributed by atoms with E-state index in [-0.39, 0.29) is 37.6 Å². The van der Waals surface area contributed by atoms with Gasteiger partial charge in [0, 0.05) is 44.6 Å². The van der Waals surface area contributed by atoms with E-state index in [9.17, 15) is 18.0 Å². The van der Waals surface area contributed by atoms with Crippen molar-refractivity contribution in [2.24, 2.45) is 0 Å². The zero-order valence-corrected chi connectivity index (χ0v) is 18.6. The number of Topliss-reactive ketones (excluding diaryl/α,β-unsaturated/α-hetero) is 1. The van der Waals surface area contributed by atoms with E-state index in [1.807, 2.05) is 19.1 Å². The van der Waals surface area contributed by atoms with Crippen molar-refractivity contribution in [1.82, 2.24) is 9.21 Å². The van der Waals surface area contributed by atoms with Crippen LogP contribution in [0.1, 0.15) is 28.8 Å². The highest BCUT2D eigenvalue weighted by atomic mass is 79.9. The molecule has 2 heterocycles. The number of piperazine rings is 1. The maximum absolute atomic E-state index is 12.6. The van der Waals surface area contributed by atoms with Crippen molar-refractivity contribution < 1.29 is 18.0 Å². The molecular formula is C19H21BrN2O4S2. The van der Waals surface area contributed by atoms with Crippen molar-refractivity contribution in [2.75, 3.05) is 26.2 Å². The van der Waals surface area contributed by atoms with Gasteiger partial charge in [0.15, 0.2) is 5.78 Å². The molecule has 0 N–H and O–H groups in total. The first kappa shape index (κ1) is 21.2. The predicted molar refractivity (Wildman–Crippen MR) is 112 cm³/mol. The van der Waals surface area contributed by atoms with E-state index in [1.165, 1.54) is 15.6 Å². The number of hydrogen-bond donors (Lipinski definition) is 0. The number of sulfonamides is 1. The van der Waals surface area contributed by atoms with Crippen LogP contribution in [0.5, 0.6) is 0 Å². The molecule has 0 aliphatic carbocycles. The molecule has 1 aliphatic heterocycles. The van der Waals surface area contributed by atoms with Gasteiger partial charge in [0.1, 0.15) is 4.21 Å². The Balaban J connectivity index is 1.51. The quantitative estimate of drug-likeness (QED) is 0.589. The molecule has 1 aromatic carbocycles. The van der Waals surface area contributed by atoms with E-state index >= 15 is 0 Å². The monoisotopic (exact) mass is 484 g/mol. The maximum atomic E-state index is 12.6. The molecule has 1 saturated heterocycles. The molecule has 2 aromatic rings. The summed E-state index contributed by atoms with van der Waals surface area (Å²) in [4.78, 5) is 26.3. The third-order valence-electron chi connectivity index (χ3n) is 4.67. The van der Waals surface area contributed by atoms with Gasteiger partial charge in [0.05, 0.1) is 3.79 Å². The average Bonchev–Trinajstić information content (AvgIpc) is 3.13. The van der Waals surface area contributed by atoms with Crippen LogP contribution in [0.2, 0.25) is 0 Å². The SMILES string of the molecule is Cc1ccc(C(=O)CCC(=O)N2CCN(S(=O)(=O)c3ccc(Br)s3)CC2)cc1. The summed E-state index contributed by atoms with van der Waals surface area (Å²) in [6.07, 6.45) is 0.293. The largest absolute Gasteiger partial charge is 0.340 e. The number of nitrogens with zero attached hydrogens (tertiary/aromatic N) is 2. The molecular weight excluding hydrogens is 464 g/mol. The van der Waals surface area contributed by atoms with Crippen molar-refractivity contribution in [3.8, 4) is 0 Å². The normalized spacial score (nSPS) is 15.6. The predicted octanol–water partition coefficient (Wildman–Crippen LogP) is 3.32. The Kier molecular flexibility index (Phi) is 6.69. The van der Waals surface area contributed by atoms with Crippen LogP contribution in [0.3, 0.4) is 0 Å². The number of carbonyl (C=O) groups is 2. The Bertz CT molecular complexity index is 962. The second kappa shape index (κ2) is 8.86. The number of amides is 1. The summed E-state index contributed by atoms with van der Waals surface area (Å²) in [5.41, 5.74) is 1.69. The van der Waals surface area contributed by atoms with Crippen LogP contribution in [-0.2, 0) is 14.8 Å². The van der Waals surface area contributed by atoms with Crippen LogP contribution in [0.15, 0.2) is 44.4 Å². The number of hydrogen-bond acceptors (Lipinski definition) is 5. The summed E-state index contributed by atoms with van der Waals surface area (Å²) >= 11 is 4.46. The summed E-state index contributed by atoms with van der Waals surface area (Å²) in [5.74, 6) is -0.172. The van der Waals surface area contributed by atoms with Gasteiger partial charge in [-0.3, -0.25) is 9.59 Å². The molecule has 0 saturated carbocycles. The van der Waals surface area contributed by atoms with Gasteiger partial charge in [-0.25, -0.2) is 8.42 Å². The third-order valence-corrected chi connectivity index (χ3v) is 8.66. The van der Waals surface area contributed by atoms with E-state index < -0.39 is 10.0 Å². The highest BCUT2D eigenvalue weighted by Crippen LogP contribution is 2.29. The van der Waals surface area contributed by atoms with Crippen LogP contribution in [0, 0.1) is 6.92 Å². The van der Waals surface area contributed by atoms with Crippen LogP contribution in [0.25, 0.3) is 0 Å². The van der Waals surface area contributed by atoms with E-state index in [4.69, 9.17) is 0 Å². The lowest BCUT2D eigenvalue weighted by Gasteiger charge is -2.33. The van der Waals surface area contributed by atoms with Gasteiger partial charge in [-0.15, -0.1) is 11.3 Å². The Labute approximate surface area is 177 Å². The maximum Gasteiger partial charge on any atom is 0.252 e. The van der Waals surface area contributed by atoms with Crippen LogP contribution >= 0.6 is 27.3 Å². The first-order valence-electron chi connectivity index (χ1n) is 8.90. The molecule has 1 aliphatic rings. The summed E-state index contributed by atoms with van der Waals surface area (Å²) in [5, 5.41) is 0. The highest BCUT2D eigenvalue weighted by Gasteiger charge is 2.31. The summed E-state index contributed by atoms with van der Waals surface area (Å²) in [7, 11) is -3.53. The number of rotatable bonds is 6. The lowest BCUT2D eigenvalue weighted by molar-refractivity contribution is -0.132. The van der Waals surface area contributed by atoms with Crippen LogP contribution in [-0.4, -0.2) is 55.5 Å². The van der Waals surface area contributed by atoms with Gasteiger partial charge in [0.2, 0.25) is 5.91 Å². The van der Waals surface area contributed by atoms with Crippen molar-refractivity contribution in [3.63, 3.8) is 0 Å². The minimum atomic E-state index is -3.53. The molecule has 28 heavy (non-hydrogen) atoms. The van der Waals surface area contributed by atoms with Crippen molar-refractivity contribution in [3.05, 3.63) is 51.3 Å². The van der Waals surface area contributed by atoms with Crippen LogP contribution < -0.4 is 0 Å². The molecule has 1 amide bonds. The number of benzene rings is 1. The molecule has 1 fully saturated rings. The van der Waals surface area contributed by atoms with Gasteiger partial charge in [-0.1, -0.05) is 29.8 Å². The van der Waals surface area contributed by atoms with Gasteiger partial charge in [-0.2, -0.15) is 4.31 Å². The van der Waals surface area contributed by atoms with E-state index in [1.54, 1.807) is 29.2 Å². The standard InChI is InChI=1S/C19H21BrN2O4S2/c1-14-2-4-15(5-3-14)16(23)6-8-18(24)21-10-12-22(13-11-21)28(25,26)19-9-7-17(20)27-19/h2-5,7,9H,6,8,10-13H2,1H3. The Hall–Kier alpha value is -1.55. The average molecular weight is 485 g/mol. The third kappa shape index (κ3) is 4.89. The Morgan fingerprint density at radius 3 is 2.21 bits per heavy atom. The molecule has 150 valence electrons. The van der Waals surface area contributed by atoms with Gasteiger partial charge in [0.25, 0.3) is 10.0 Å². The second-order valence-electron chi connectivity index (χ2n) is 6.63. The number of carbonyl (C=O) groups excluding carboxylic acids is 2. The molecule has 6 nitrogen and oxygen atoms in total. The zero-order chi connectivity index (χ0) is 20.3. The summed E-state index contributed by atoms with van der Waals surface area (Å²) in [6, 6.07) is 10.6. The molecule has 1 aromatic heterocycles. The molecule has 0 bridgehead atoms. The van der Waals surface area contributed by atoms with Gasteiger partial charge >= 0.3 is 0 Å². The highest BCUT2D eigenvalue weighted by molar-refractivity contribution is 9.11. The van der Waals surface area contributed by atoms with E-state index in [0.29, 0.717) is 22.9 Å². The first-order chi connectivity index (χ1) is 13.3. The van der Waals surface area contributed by atoms with Gasteiger partial charge < -0.3 is 4.90 Å². The lowest BCUT2D eigenvalue weighted by atomic mass is 10.0. The molecule has 0 spiro atoms. The van der Waals surface area contributed by atoms with Crippen LogP contribution in [0.4, 0.5) is 0 Å². The summed E-state index contributed by atoms with van der Waals surface area (Å²) in [6.45, 7) is 3.15. The number of thiophene rings is 1. The van der Waals surface area contributed by atoms with E-state index in [0.717, 1.165) is 9.35 Å². The Morgan fingerprint density at radius 1 is 1.00 bits per heavy atom. The fraction of sp³-hybridized carbons (Fsp3) is 0.368. The number of halogens is 1. The molecule has 3 rings (SSSR count). The van der Waals surface area contributed by atoms with Gasteiger partial charge in [-0.05, 0) is 35.0 Å². The lowest BCUT2D eigenvalue weighted by Crippen LogP contribution is -2.50.